The fourth-order valence-electron chi connectivity index (χ4n) is 3.64. The smallest absolute Gasteiger partial charge is 0.259 e. The number of carbonyl (C=O) groups is 2. The number of rotatable bonds is 5. The average molecular weight is 386 g/mol. The van der Waals surface area contributed by atoms with Crippen LogP contribution in [0.2, 0.25) is 0 Å². The predicted molar refractivity (Wildman–Crippen MR) is 111 cm³/mol. The SMILES string of the molecule is C=C1c2ccccc2C(=O)N1CC(=O)NCc1c(C)nn(-c2ccccc2)c1C. The van der Waals surface area contributed by atoms with Crippen LogP contribution in [0.3, 0.4) is 0 Å². The number of amides is 2. The van der Waals surface area contributed by atoms with Gasteiger partial charge in [0, 0.05) is 34.6 Å². The standard InChI is InChI=1S/C23H22N4O2/c1-15-21(17(3)27(25-15)18-9-5-4-6-10-18)13-24-22(28)14-26-16(2)19-11-7-8-12-20(19)23(26)29/h4-12H,2,13-14H2,1,3H3,(H,24,28). The Balaban J connectivity index is 1.44. The number of carbonyl (C=O) groups excluding carboxylic acids is 2. The van der Waals surface area contributed by atoms with Crippen molar-refractivity contribution in [1.29, 1.82) is 0 Å². The van der Waals surface area contributed by atoms with Crippen LogP contribution in [0.4, 0.5) is 0 Å². The van der Waals surface area contributed by atoms with Crippen molar-refractivity contribution in [3.05, 3.63) is 89.3 Å². The molecule has 0 radical (unpaired) electrons. The van der Waals surface area contributed by atoms with Gasteiger partial charge in [-0.3, -0.25) is 14.5 Å². The van der Waals surface area contributed by atoms with E-state index in [2.05, 4.69) is 17.0 Å². The summed E-state index contributed by atoms with van der Waals surface area (Å²) in [5, 5.41) is 7.51. The van der Waals surface area contributed by atoms with E-state index in [4.69, 9.17) is 0 Å². The molecular weight excluding hydrogens is 364 g/mol. The van der Waals surface area contributed by atoms with E-state index >= 15 is 0 Å². The molecule has 2 heterocycles. The van der Waals surface area contributed by atoms with Gasteiger partial charge in [0.2, 0.25) is 5.91 Å². The number of hydrogen-bond acceptors (Lipinski definition) is 3. The molecular formula is C23H22N4O2. The van der Waals surface area contributed by atoms with Crippen LogP contribution >= 0.6 is 0 Å². The molecule has 0 saturated carbocycles. The van der Waals surface area contributed by atoms with E-state index in [0.29, 0.717) is 17.8 Å². The Morgan fingerprint density at radius 2 is 1.69 bits per heavy atom. The number of benzene rings is 2. The lowest BCUT2D eigenvalue weighted by Crippen LogP contribution is -2.36. The van der Waals surface area contributed by atoms with Crippen molar-refractivity contribution in [3.63, 3.8) is 0 Å². The molecule has 0 fully saturated rings. The molecule has 6 nitrogen and oxygen atoms in total. The van der Waals surface area contributed by atoms with Crippen LogP contribution in [0, 0.1) is 13.8 Å². The first-order valence-corrected chi connectivity index (χ1v) is 9.44. The molecule has 0 spiro atoms. The van der Waals surface area contributed by atoms with Gasteiger partial charge in [0.1, 0.15) is 6.54 Å². The largest absolute Gasteiger partial charge is 0.350 e. The zero-order valence-electron chi connectivity index (χ0n) is 16.5. The lowest BCUT2D eigenvalue weighted by Gasteiger charge is -2.17. The van der Waals surface area contributed by atoms with E-state index < -0.39 is 0 Å². The third-order valence-electron chi connectivity index (χ3n) is 5.25. The van der Waals surface area contributed by atoms with Crippen molar-refractivity contribution in [2.75, 3.05) is 6.54 Å². The maximum Gasteiger partial charge on any atom is 0.259 e. The molecule has 1 aromatic heterocycles. The highest BCUT2D eigenvalue weighted by Gasteiger charge is 2.31. The van der Waals surface area contributed by atoms with Gasteiger partial charge in [0.15, 0.2) is 0 Å². The van der Waals surface area contributed by atoms with Crippen LogP contribution in [-0.2, 0) is 11.3 Å². The molecule has 6 heteroatoms. The highest BCUT2D eigenvalue weighted by Crippen LogP contribution is 2.30. The van der Waals surface area contributed by atoms with Gasteiger partial charge in [0.25, 0.3) is 5.91 Å². The Morgan fingerprint density at radius 3 is 2.38 bits per heavy atom. The second-order valence-electron chi connectivity index (χ2n) is 7.06. The first kappa shape index (κ1) is 18.7. The number of nitrogens with zero attached hydrogens (tertiary/aromatic N) is 3. The molecule has 29 heavy (non-hydrogen) atoms. The predicted octanol–water partition coefficient (Wildman–Crippen LogP) is 3.23. The van der Waals surface area contributed by atoms with Crippen molar-refractivity contribution in [2.45, 2.75) is 20.4 Å². The van der Waals surface area contributed by atoms with Crippen LogP contribution < -0.4 is 5.32 Å². The molecule has 0 aliphatic carbocycles. The fraction of sp³-hybridized carbons (Fsp3) is 0.174. The minimum absolute atomic E-state index is 0.0583. The van der Waals surface area contributed by atoms with E-state index in [9.17, 15) is 9.59 Å². The maximum atomic E-state index is 12.6. The van der Waals surface area contributed by atoms with Crippen molar-refractivity contribution < 1.29 is 9.59 Å². The van der Waals surface area contributed by atoms with Crippen molar-refractivity contribution in [3.8, 4) is 5.69 Å². The quantitative estimate of drug-likeness (QED) is 0.732. The van der Waals surface area contributed by atoms with Crippen LogP contribution in [0.25, 0.3) is 11.4 Å². The van der Waals surface area contributed by atoms with E-state index in [1.165, 1.54) is 4.90 Å². The molecule has 1 N–H and O–H groups in total. The van der Waals surface area contributed by atoms with Gasteiger partial charge in [-0.05, 0) is 32.0 Å². The lowest BCUT2D eigenvalue weighted by molar-refractivity contribution is -0.121. The third-order valence-corrected chi connectivity index (χ3v) is 5.25. The molecule has 4 rings (SSSR count). The molecule has 1 aliphatic rings. The minimum Gasteiger partial charge on any atom is -0.350 e. The van der Waals surface area contributed by atoms with Gasteiger partial charge in [-0.25, -0.2) is 4.68 Å². The van der Waals surface area contributed by atoms with E-state index in [-0.39, 0.29) is 18.4 Å². The summed E-state index contributed by atoms with van der Waals surface area (Å²) < 4.78 is 1.87. The Bertz CT molecular complexity index is 1080. The molecule has 2 amide bonds. The number of nitrogens with one attached hydrogen (secondary N) is 1. The highest BCUT2D eigenvalue weighted by molar-refractivity contribution is 6.10. The Morgan fingerprint density at radius 1 is 1.03 bits per heavy atom. The summed E-state index contributed by atoms with van der Waals surface area (Å²) in [7, 11) is 0. The molecule has 0 saturated heterocycles. The van der Waals surface area contributed by atoms with E-state index in [1.54, 1.807) is 6.07 Å². The first-order chi connectivity index (χ1) is 14.0. The Labute approximate surface area is 169 Å². The lowest BCUT2D eigenvalue weighted by atomic mass is 10.1. The zero-order valence-corrected chi connectivity index (χ0v) is 16.5. The number of aryl methyl sites for hydroxylation is 1. The molecule has 3 aromatic rings. The Hall–Kier alpha value is -3.67. The molecule has 0 atom stereocenters. The summed E-state index contributed by atoms with van der Waals surface area (Å²) in [6, 6.07) is 17.1. The molecule has 1 aliphatic heterocycles. The van der Waals surface area contributed by atoms with Gasteiger partial charge >= 0.3 is 0 Å². The minimum atomic E-state index is -0.237. The van der Waals surface area contributed by atoms with Crippen LogP contribution in [0.1, 0.15) is 32.9 Å². The number of fused-ring (bicyclic) bond motifs is 1. The summed E-state index contributed by atoms with van der Waals surface area (Å²) in [6.07, 6.45) is 0. The van der Waals surface area contributed by atoms with Crippen molar-refractivity contribution in [2.24, 2.45) is 0 Å². The van der Waals surface area contributed by atoms with Gasteiger partial charge in [-0.2, -0.15) is 5.10 Å². The molecule has 0 bridgehead atoms. The van der Waals surface area contributed by atoms with Crippen LogP contribution in [-0.4, -0.2) is 33.0 Å². The summed E-state index contributed by atoms with van der Waals surface area (Å²) in [4.78, 5) is 26.5. The topological polar surface area (TPSA) is 67.2 Å². The number of hydrogen-bond donors (Lipinski definition) is 1. The maximum absolute atomic E-state index is 12.6. The summed E-state index contributed by atoms with van der Waals surface area (Å²) in [5.41, 5.74) is 5.70. The zero-order chi connectivity index (χ0) is 20.5. The number of para-hydroxylation sites is 1. The van der Waals surface area contributed by atoms with Gasteiger partial charge in [0.05, 0.1) is 11.4 Å². The Kier molecular flexibility index (Phi) is 4.76. The van der Waals surface area contributed by atoms with Gasteiger partial charge in [-0.15, -0.1) is 0 Å². The molecule has 0 unspecified atom stereocenters. The normalized spacial score (nSPS) is 13.0. The second kappa shape index (κ2) is 7.39. The molecule has 146 valence electrons. The summed E-state index contributed by atoms with van der Waals surface area (Å²) in [5.74, 6) is -0.427. The fourth-order valence-corrected chi connectivity index (χ4v) is 3.64. The van der Waals surface area contributed by atoms with Gasteiger partial charge in [-0.1, -0.05) is 43.0 Å². The number of aromatic nitrogens is 2. The summed E-state index contributed by atoms with van der Waals surface area (Å²) >= 11 is 0. The highest BCUT2D eigenvalue weighted by atomic mass is 16.2. The van der Waals surface area contributed by atoms with E-state index in [1.807, 2.05) is 67.1 Å². The van der Waals surface area contributed by atoms with Gasteiger partial charge < -0.3 is 5.32 Å². The second-order valence-corrected chi connectivity index (χ2v) is 7.06. The first-order valence-electron chi connectivity index (χ1n) is 9.44. The third kappa shape index (κ3) is 3.33. The summed E-state index contributed by atoms with van der Waals surface area (Å²) in [6.45, 7) is 8.18. The molecule has 2 aromatic carbocycles. The van der Waals surface area contributed by atoms with Crippen molar-refractivity contribution >= 4 is 17.5 Å². The van der Waals surface area contributed by atoms with Crippen LogP contribution in [0.15, 0.2) is 61.2 Å². The average Bonchev–Trinajstić information content (AvgIpc) is 3.15. The van der Waals surface area contributed by atoms with Crippen LogP contribution in [0.5, 0.6) is 0 Å². The van der Waals surface area contributed by atoms with Crippen molar-refractivity contribution in [1.82, 2.24) is 20.0 Å². The van der Waals surface area contributed by atoms with E-state index in [0.717, 1.165) is 28.2 Å². The monoisotopic (exact) mass is 386 g/mol.